The molecule has 0 heterocycles. The Kier molecular flexibility index (Phi) is 3.99. The smallest absolute Gasteiger partial charge is 0.123 e. The van der Waals surface area contributed by atoms with Gasteiger partial charge >= 0.3 is 0 Å². The SMILES string of the molecule is N#Cc1cc(NCCc2cccc(F)c2)ccc1N. The highest BCUT2D eigenvalue weighted by Gasteiger charge is 2.00. The highest BCUT2D eigenvalue weighted by atomic mass is 19.1. The van der Waals surface area contributed by atoms with Crippen LogP contribution in [0.15, 0.2) is 42.5 Å². The van der Waals surface area contributed by atoms with E-state index in [2.05, 4.69) is 5.32 Å². The molecule has 0 unspecified atom stereocenters. The number of nitrogens with zero attached hydrogens (tertiary/aromatic N) is 1. The minimum atomic E-state index is -0.225. The van der Waals surface area contributed by atoms with Gasteiger partial charge in [-0.15, -0.1) is 0 Å². The van der Waals surface area contributed by atoms with Gasteiger partial charge in [0.25, 0.3) is 0 Å². The maximum absolute atomic E-state index is 13.0. The largest absolute Gasteiger partial charge is 0.398 e. The summed E-state index contributed by atoms with van der Waals surface area (Å²) in [6.07, 6.45) is 0.712. The lowest BCUT2D eigenvalue weighted by Crippen LogP contribution is -2.05. The number of hydrogen-bond donors (Lipinski definition) is 2. The summed E-state index contributed by atoms with van der Waals surface area (Å²) >= 11 is 0. The number of benzene rings is 2. The number of anilines is 2. The van der Waals surface area contributed by atoms with Crippen molar-refractivity contribution in [3.8, 4) is 6.07 Å². The first-order chi connectivity index (χ1) is 9.19. The predicted octanol–water partition coefficient (Wildman–Crippen LogP) is 2.93. The Morgan fingerprint density at radius 3 is 2.79 bits per heavy atom. The molecule has 0 amide bonds. The van der Waals surface area contributed by atoms with Crippen LogP contribution in [0.4, 0.5) is 15.8 Å². The topological polar surface area (TPSA) is 61.8 Å². The second-order valence-electron chi connectivity index (χ2n) is 4.22. The molecule has 19 heavy (non-hydrogen) atoms. The Balaban J connectivity index is 1.95. The summed E-state index contributed by atoms with van der Waals surface area (Å²) in [4.78, 5) is 0. The van der Waals surface area contributed by atoms with E-state index in [1.165, 1.54) is 12.1 Å². The van der Waals surface area contributed by atoms with Gasteiger partial charge in [0, 0.05) is 17.9 Å². The predicted molar refractivity (Wildman–Crippen MR) is 74.2 cm³/mol. The van der Waals surface area contributed by atoms with Gasteiger partial charge in [-0.05, 0) is 42.3 Å². The zero-order valence-corrected chi connectivity index (χ0v) is 10.4. The van der Waals surface area contributed by atoms with Gasteiger partial charge in [0.15, 0.2) is 0 Å². The molecule has 0 spiro atoms. The fourth-order valence-electron chi connectivity index (χ4n) is 1.81. The second kappa shape index (κ2) is 5.87. The molecule has 3 nitrogen and oxygen atoms in total. The van der Waals surface area contributed by atoms with Crippen LogP contribution in [-0.4, -0.2) is 6.54 Å². The van der Waals surface area contributed by atoms with Crippen molar-refractivity contribution in [2.45, 2.75) is 6.42 Å². The van der Waals surface area contributed by atoms with Crippen molar-refractivity contribution in [1.29, 1.82) is 5.26 Å². The maximum atomic E-state index is 13.0. The molecule has 2 rings (SSSR count). The summed E-state index contributed by atoms with van der Waals surface area (Å²) < 4.78 is 13.0. The Labute approximate surface area is 111 Å². The molecule has 2 aromatic rings. The fraction of sp³-hybridized carbons (Fsp3) is 0.133. The normalized spacial score (nSPS) is 9.89. The van der Waals surface area contributed by atoms with Gasteiger partial charge in [-0.2, -0.15) is 5.26 Å². The van der Waals surface area contributed by atoms with E-state index in [1.54, 1.807) is 18.2 Å². The fourth-order valence-corrected chi connectivity index (χ4v) is 1.81. The first-order valence-electron chi connectivity index (χ1n) is 5.97. The van der Waals surface area contributed by atoms with Gasteiger partial charge < -0.3 is 11.1 Å². The maximum Gasteiger partial charge on any atom is 0.123 e. The molecular weight excluding hydrogens is 241 g/mol. The van der Waals surface area contributed by atoms with Crippen LogP contribution < -0.4 is 11.1 Å². The molecule has 96 valence electrons. The Bertz CT molecular complexity index is 617. The first-order valence-corrected chi connectivity index (χ1v) is 5.97. The van der Waals surface area contributed by atoms with Crippen molar-refractivity contribution in [2.75, 3.05) is 17.6 Å². The van der Waals surface area contributed by atoms with Crippen LogP contribution in [0.3, 0.4) is 0 Å². The zero-order valence-electron chi connectivity index (χ0n) is 10.4. The molecule has 0 saturated carbocycles. The van der Waals surface area contributed by atoms with E-state index in [-0.39, 0.29) is 5.82 Å². The van der Waals surface area contributed by atoms with Crippen LogP contribution in [0.25, 0.3) is 0 Å². The molecule has 0 fully saturated rings. The summed E-state index contributed by atoms with van der Waals surface area (Å²) in [6.45, 7) is 0.665. The van der Waals surface area contributed by atoms with Gasteiger partial charge in [-0.25, -0.2) is 4.39 Å². The van der Waals surface area contributed by atoms with Crippen LogP contribution >= 0.6 is 0 Å². The second-order valence-corrected chi connectivity index (χ2v) is 4.22. The van der Waals surface area contributed by atoms with Gasteiger partial charge in [0.1, 0.15) is 11.9 Å². The minimum Gasteiger partial charge on any atom is -0.398 e. The molecule has 0 radical (unpaired) electrons. The first kappa shape index (κ1) is 12.9. The Morgan fingerprint density at radius 2 is 2.05 bits per heavy atom. The van der Waals surface area contributed by atoms with E-state index in [4.69, 9.17) is 11.0 Å². The zero-order chi connectivity index (χ0) is 13.7. The van der Waals surface area contributed by atoms with E-state index >= 15 is 0 Å². The number of halogens is 1. The van der Waals surface area contributed by atoms with Crippen LogP contribution in [0, 0.1) is 17.1 Å². The van der Waals surface area contributed by atoms with Crippen molar-refractivity contribution < 1.29 is 4.39 Å². The number of hydrogen-bond acceptors (Lipinski definition) is 3. The molecule has 0 aliphatic heterocycles. The van der Waals surface area contributed by atoms with Crippen LogP contribution in [0.2, 0.25) is 0 Å². The standard InChI is InChI=1S/C15H14FN3/c16-13-3-1-2-11(8-13)6-7-19-14-4-5-15(18)12(9-14)10-17/h1-5,8-9,19H,6-7,18H2. The van der Waals surface area contributed by atoms with Crippen molar-refractivity contribution >= 4 is 11.4 Å². The van der Waals surface area contributed by atoms with E-state index in [9.17, 15) is 4.39 Å². The molecule has 0 aliphatic rings. The Hall–Kier alpha value is -2.54. The van der Waals surface area contributed by atoms with E-state index < -0.39 is 0 Å². The molecular formula is C15H14FN3. The number of nitriles is 1. The average Bonchev–Trinajstić information content (AvgIpc) is 2.41. The van der Waals surface area contributed by atoms with Crippen LogP contribution in [-0.2, 0) is 6.42 Å². The van der Waals surface area contributed by atoms with E-state index in [1.807, 2.05) is 18.2 Å². The molecule has 0 aromatic heterocycles. The van der Waals surface area contributed by atoms with Gasteiger partial charge in [-0.1, -0.05) is 12.1 Å². The molecule has 3 N–H and O–H groups in total. The number of rotatable bonds is 4. The lowest BCUT2D eigenvalue weighted by molar-refractivity contribution is 0.625. The van der Waals surface area contributed by atoms with E-state index in [0.29, 0.717) is 24.2 Å². The lowest BCUT2D eigenvalue weighted by Gasteiger charge is -2.08. The van der Waals surface area contributed by atoms with Gasteiger partial charge in [0.2, 0.25) is 0 Å². The summed E-state index contributed by atoms with van der Waals surface area (Å²) in [7, 11) is 0. The summed E-state index contributed by atoms with van der Waals surface area (Å²) in [5.41, 5.74) is 8.34. The van der Waals surface area contributed by atoms with Crippen molar-refractivity contribution in [1.82, 2.24) is 0 Å². The monoisotopic (exact) mass is 255 g/mol. The van der Waals surface area contributed by atoms with Gasteiger partial charge in [-0.3, -0.25) is 0 Å². The number of nitrogens with two attached hydrogens (primary N) is 1. The van der Waals surface area contributed by atoms with E-state index in [0.717, 1.165) is 11.3 Å². The molecule has 0 atom stereocenters. The Morgan fingerprint density at radius 1 is 1.21 bits per heavy atom. The summed E-state index contributed by atoms with van der Waals surface area (Å²) in [6, 6.07) is 13.8. The quantitative estimate of drug-likeness (QED) is 0.826. The minimum absolute atomic E-state index is 0.225. The average molecular weight is 255 g/mol. The van der Waals surface area contributed by atoms with Gasteiger partial charge in [0.05, 0.1) is 5.56 Å². The third-order valence-corrected chi connectivity index (χ3v) is 2.81. The van der Waals surface area contributed by atoms with Crippen molar-refractivity contribution in [3.63, 3.8) is 0 Å². The molecule has 4 heteroatoms. The van der Waals surface area contributed by atoms with Crippen LogP contribution in [0.1, 0.15) is 11.1 Å². The van der Waals surface area contributed by atoms with Crippen molar-refractivity contribution in [2.24, 2.45) is 0 Å². The molecule has 0 saturated heterocycles. The summed E-state index contributed by atoms with van der Waals surface area (Å²) in [5, 5.41) is 12.1. The molecule has 0 bridgehead atoms. The highest BCUT2D eigenvalue weighted by Crippen LogP contribution is 2.16. The van der Waals surface area contributed by atoms with Crippen molar-refractivity contribution in [3.05, 3.63) is 59.4 Å². The molecule has 2 aromatic carbocycles. The highest BCUT2D eigenvalue weighted by molar-refractivity contribution is 5.61. The third kappa shape index (κ3) is 3.46. The molecule has 0 aliphatic carbocycles. The number of nitrogens with one attached hydrogen (secondary N) is 1. The number of nitrogen functional groups attached to an aromatic ring is 1. The lowest BCUT2D eigenvalue weighted by atomic mass is 10.1. The summed E-state index contributed by atoms with van der Waals surface area (Å²) in [5.74, 6) is -0.225. The van der Waals surface area contributed by atoms with Crippen LogP contribution in [0.5, 0.6) is 0 Å². The third-order valence-electron chi connectivity index (χ3n) is 2.81.